The Bertz CT molecular complexity index is 254. The topological polar surface area (TPSA) is 35.5 Å². The highest BCUT2D eigenvalue weighted by atomic mass is 79.9. The molecule has 0 aliphatic heterocycles. The minimum absolute atomic E-state index is 0.105. The van der Waals surface area contributed by atoms with Gasteiger partial charge in [-0.1, -0.05) is 61.0 Å². The molecule has 0 heterocycles. The molecule has 0 bridgehead atoms. The summed E-state index contributed by atoms with van der Waals surface area (Å²) >= 11 is 3.37. The number of ether oxygens (including phenoxy) is 2. The van der Waals surface area contributed by atoms with Crippen LogP contribution < -0.4 is 0 Å². The number of halogens is 1. The van der Waals surface area contributed by atoms with Gasteiger partial charge in [0.05, 0.1) is 6.61 Å². The molecule has 0 unspecified atom stereocenters. The van der Waals surface area contributed by atoms with Crippen LogP contribution in [0.1, 0.15) is 64.7 Å². The molecule has 0 aromatic rings. The van der Waals surface area contributed by atoms with Crippen LogP contribution in [-0.4, -0.2) is 31.1 Å². The molecule has 0 aliphatic rings. The predicted octanol–water partition coefficient (Wildman–Crippen LogP) is 5.03. The summed E-state index contributed by atoms with van der Waals surface area (Å²) < 4.78 is 10.6. The lowest BCUT2D eigenvalue weighted by atomic mass is 10.2. The fraction of sp³-hybridized carbons (Fsp3) is 0.824. The molecule has 0 saturated heterocycles. The maximum absolute atomic E-state index is 11.4. The maximum atomic E-state index is 11.4. The van der Waals surface area contributed by atoms with Gasteiger partial charge in [0.2, 0.25) is 0 Å². The van der Waals surface area contributed by atoms with Crippen molar-refractivity contribution >= 4 is 21.9 Å². The van der Waals surface area contributed by atoms with Crippen molar-refractivity contribution in [3.8, 4) is 0 Å². The third-order valence-electron chi connectivity index (χ3n) is 3.13. The van der Waals surface area contributed by atoms with E-state index >= 15 is 0 Å². The molecule has 0 fully saturated rings. The van der Waals surface area contributed by atoms with Crippen LogP contribution >= 0.6 is 15.9 Å². The second-order valence-corrected chi connectivity index (χ2v) is 5.94. The lowest BCUT2D eigenvalue weighted by Gasteiger charge is -2.02. The third-order valence-corrected chi connectivity index (χ3v) is 3.69. The van der Waals surface area contributed by atoms with Crippen molar-refractivity contribution < 1.29 is 14.3 Å². The molecule has 0 atom stereocenters. The Morgan fingerprint density at radius 2 is 1.67 bits per heavy atom. The van der Waals surface area contributed by atoms with Crippen LogP contribution in [0.25, 0.3) is 0 Å². The first-order chi connectivity index (χ1) is 10.3. The second kappa shape index (κ2) is 17.7. The quantitative estimate of drug-likeness (QED) is 0.177. The molecule has 0 aromatic carbocycles. The highest BCUT2D eigenvalue weighted by Gasteiger charge is 2.00. The molecule has 3 nitrogen and oxygen atoms in total. The fourth-order valence-corrected chi connectivity index (χ4v) is 2.25. The molecule has 0 saturated carbocycles. The van der Waals surface area contributed by atoms with Crippen molar-refractivity contribution in [2.75, 3.05) is 25.2 Å². The van der Waals surface area contributed by atoms with E-state index in [0.717, 1.165) is 37.6 Å². The van der Waals surface area contributed by atoms with Crippen molar-refractivity contribution in [3.63, 3.8) is 0 Å². The van der Waals surface area contributed by atoms with E-state index in [1.54, 1.807) is 0 Å². The Hall–Kier alpha value is -0.350. The average Bonchev–Trinajstić information content (AvgIpc) is 2.49. The van der Waals surface area contributed by atoms with Crippen LogP contribution in [0.2, 0.25) is 0 Å². The summed E-state index contributed by atoms with van der Waals surface area (Å²) in [4.78, 5) is 11.4. The number of rotatable bonds is 15. The van der Waals surface area contributed by atoms with Gasteiger partial charge in [0.25, 0.3) is 0 Å². The summed E-state index contributed by atoms with van der Waals surface area (Å²) in [5.74, 6) is -0.105. The van der Waals surface area contributed by atoms with Gasteiger partial charge in [0.1, 0.15) is 6.61 Å². The lowest BCUT2D eigenvalue weighted by molar-refractivity contribution is -0.142. The van der Waals surface area contributed by atoms with Gasteiger partial charge < -0.3 is 9.47 Å². The third kappa shape index (κ3) is 17.6. The summed E-state index contributed by atoms with van der Waals surface area (Å²) in [6.07, 6.45) is 13.7. The largest absolute Gasteiger partial charge is 0.461 e. The highest BCUT2D eigenvalue weighted by molar-refractivity contribution is 9.09. The van der Waals surface area contributed by atoms with Gasteiger partial charge in [-0.3, -0.25) is 4.79 Å². The van der Waals surface area contributed by atoms with Gasteiger partial charge in [-0.15, -0.1) is 0 Å². The summed E-state index contributed by atoms with van der Waals surface area (Å²) in [7, 11) is 0. The van der Waals surface area contributed by atoms with Crippen molar-refractivity contribution in [1.29, 1.82) is 0 Å². The molecular weight excluding hydrogens is 332 g/mol. The Balaban J connectivity index is 3.22. The first kappa shape index (κ1) is 20.6. The van der Waals surface area contributed by atoms with Crippen LogP contribution in [0.15, 0.2) is 12.2 Å². The Kier molecular flexibility index (Phi) is 17.4. The number of carbonyl (C=O) groups excluding carboxylic acids is 1. The smallest absolute Gasteiger partial charge is 0.306 e. The number of hydrogen-bond acceptors (Lipinski definition) is 3. The number of alkyl halides is 1. The van der Waals surface area contributed by atoms with Gasteiger partial charge >= 0.3 is 5.97 Å². The summed E-state index contributed by atoms with van der Waals surface area (Å²) in [6, 6.07) is 0. The normalized spacial score (nSPS) is 11.1. The van der Waals surface area contributed by atoms with Crippen LogP contribution in [0.4, 0.5) is 0 Å². The molecule has 0 radical (unpaired) electrons. The molecule has 0 N–H and O–H groups in total. The minimum Gasteiger partial charge on any atom is -0.461 e. The van der Waals surface area contributed by atoms with Crippen LogP contribution in [0.3, 0.4) is 0 Å². The fourth-order valence-electron chi connectivity index (χ4n) is 1.85. The van der Waals surface area contributed by atoms with Crippen LogP contribution in [0.5, 0.6) is 0 Å². The molecule has 0 aromatic heterocycles. The monoisotopic (exact) mass is 362 g/mol. The van der Waals surface area contributed by atoms with Gasteiger partial charge in [-0.25, -0.2) is 0 Å². The van der Waals surface area contributed by atoms with E-state index in [4.69, 9.17) is 9.47 Å². The van der Waals surface area contributed by atoms with Crippen molar-refractivity contribution in [2.24, 2.45) is 0 Å². The molecule has 0 amide bonds. The molecular formula is C17H31BrO3. The number of hydrogen-bond donors (Lipinski definition) is 0. The summed E-state index contributed by atoms with van der Waals surface area (Å²) in [6.45, 7) is 4.01. The Labute approximate surface area is 138 Å². The van der Waals surface area contributed by atoms with E-state index in [2.05, 4.69) is 22.9 Å². The van der Waals surface area contributed by atoms with Gasteiger partial charge in [-0.2, -0.15) is 0 Å². The molecule has 21 heavy (non-hydrogen) atoms. The summed E-state index contributed by atoms with van der Waals surface area (Å²) in [5.41, 5.74) is 0. The zero-order valence-electron chi connectivity index (χ0n) is 13.4. The van der Waals surface area contributed by atoms with Gasteiger partial charge in [-0.05, 0) is 25.3 Å². The maximum Gasteiger partial charge on any atom is 0.306 e. The van der Waals surface area contributed by atoms with E-state index in [1.807, 2.05) is 12.2 Å². The first-order valence-electron chi connectivity index (χ1n) is 8.25. The zero-order valence-corrected chi connectivity index (χ0v) is 15.0. The van der Waals surface area contributed by atoms with Gasteiger partial charge in [0.15, 0.2) is 0 Å². The van der Waals surface area contributed by atoms with Crippen molar-refractivity contribution in [1.82, 2.24) is 0 Å². The van der Waals surface area contributed by atoms with Crippen molar-refractivity contribution in [2.45, 2.75) is 64.7 Å². The predicted molar refractivity (Wildman–Crippen MR) is 91.9 cm³/mol. The van der Waals surface area contributed by atoms with E-state index < -0.39 is 0 Å². The zero-order chi connectivity index (χ0) is 15.6. The molecule has 124 valence electrons. The van der Waals surface area contributed by atoms with E-state index in [0.29, 0.717) is 19.6 Å². The SMILES string of the molecule is CCCCCCCOCC=CCOC(=O)CCCCCBr. The summed E-state index contributed by atoms with van der Waals surface area (Å²) in [5, 5.41) is 1.00. The van der Waals surface area contributed by atoms with E-state index in [9.17, 15) is 4.79 Å². The lowest BCUT2D eigenvalue weighted by Crippen LogP contribution is -2.04. The standard InChI is InChI=1S/C17H31BrO3/c1-2-3-4-5-9-14-20-15-10-11-16-21-17(19)12-7-6-8-13-18/h10-11H,2-9,12-16H2,1H3. The number of unbranched alkanes of at least 4 members (excludes halogenated alkanes) is 6. The van der Waals surface area contributed by atoms with Crippen LogP contribution in [-0.2, 0) is 14.3 Å². The molecule has 4 heteroatoms. The Morgan fingerprint density at radius 1 is 0.952 bits per heavy atom. The molecule has 0 aliphatic carbocycles. The molecule has 0 rings (SSSR count). The van der Waals surface area contributed by atoms with Gasteiger partial charge in [0, 0.05) is 18.4 Å². The minimum atomic E-state index is -0.105. The Morgan fingerprint density at radius 3 is 2.43 bits per heavy atom. The van der Waals surface area contributed by atoms with Crippen LogP contribution in [0, 0.1) is 0 Å². The first-order valence-corrected chi connectivity index (χ1v) is 9.37. The van der Waals surface area contributed by atoms with E-state index in [-0.39, 0.29) is 5.97 Å². The molecule has 0 spiro atoms. The second-order valence-electron chi connectivity index (χ2n) is 5.14. The van der Waals surface area contributed by atoms with Crippen molar-refractivity contribution in [3.05, 3.63) is 12.2 Å². The van der Waals surface area contributed by atoms with E-state index in [1.165, 1.54) is 25.7 Å². The number of carbonyl (C=O) groups is 1. The highest BCUT2D eigenvalue weighted by Crippen LogP contribution is 2.03. The average molecular weight is 363 g/mol. The number of esters is 1.